The van der Waals surface area contributed by atoms with Crippen molar-refractivity contribution >= 4 is 17.5 Å². The molecule has 2 aliphatic heterocycles. The Labute approximate surface area is 125 Å². The minimum absolute atomic E-state index is 0.0851. The van der Waals surface area contributed by atoms with Gasteiger partial charge in [-0.3, -0.25) is 4.79 Å². The van der Waals surface area contributed by atoms with E-state index in [4.69, 9.17) is 11.6 Å². The third kappa shape index (κ3) is 2.70. The van der Waals surface area contributed by atoms with Crippen molar-refractivity contribution in [2.75, 3.05) is 7.05 Å². The smallest absolute Gasteiger partial charge is 0.253 e. The van der Waals surface area contributed by atoms with E-state index in [1.807, 2.05) is 31.0 Å². The maximum atomic E-state index is 12.6. The monoisotopic (exact) mass is 292 g/mol. The zero-order chi connectivity index (χ0) is 14.3. The highest BCUT2D eigenvalue weighted by atomic mass is 35.5. The predicted molar refractivity (Wildman–Crippen MR) is 81.3 cm³/mol. The minimum Gasteiger partial charge on any atom is -0.339 e. The third-order valence-electron chi connectivity index (χ3n) is 4.61. The summed E-state index contributed by atoms with van der Waals surface area (Å²) < 4.78 is 0. The number of carbonyl (C=O) groups is 1. The molecule has 20 heavy (non-hydrogen) atoms. The fourth-order valence-corrected chi connectivity index (χ4v) is 3.86. The molecule has 0 saturated carbocycles. The molecule has 2 saturated heterocycles. The van der Waals surface area contributed by atoms with E-state index in [1.54, 1.807) is 6.07 Å². The first-order chi connectivity index (χ1) is 9.52. The van der Waals surface area contributed by atoms with Gasteiger partial charge in [-0.25, -0.2) is 0 Å². The van der Waals surface area contributed by atoms with Crippen LogP contribution in [0.25, 0.3) is 0 Å². The van der Waals surface area contributed by atoms with Gasteiger partial charge in [-0.05, 0) is 56.4 Å². The molecule has 2 fully saturated rings. The molecule has 2 heterocycles. The van der Waals surface area contributed by atoms with Gasteiger partial charge in [0.25, 0.3) is 5.91 Å². The first-order valence-corrected chi connectivity index (χ1v) is 7.71. The lowest BCUT2D eigenvalue weighted by molar-refractivity contribution is 0.0681. The molecule has 2 atom stereocenters. The van der Waals surface area contributed by atoms with Crippen LogP contribution in [0.15, 0.2) is 18.2 Å². The molecule has 2 bridgehead atoms. The number of aryl methyl sites for hydroxylation is 1. The third-order valence-corrected chi connectivity index (χ3v) is 4.82. The molecule has 1 amide bonds. The van der Waals surface area contributed by atoms with E-state index in [9.17, 15) is 4.79 Å². The normalized spacial score (nSPS) is 28.4. The van der Waals surface area contributed by atoms with Crippen molar-refractivity contribution in [2.45, 2.75) is 50.7 Å². The fraction of sp³-hybridized carbons (Fsp3) is 0.562. The van der Waals surface area contributed by atoms with Gasteiger partial charge in [0, 0.05) is 35.8 Å². The molecule has 4 heteroatoms. The number of nitrogens with zero attached hydrogens (tertiary/aromatic N) is 1. The molecule has 3 rings (SSSR count). The molecule has 3 nitrogen and oxygen atoms in total. The fourth-order valence-electron chi connectivity index (χ4n) is 3.57. The zero-order valence-electron chi connectivity index (χ0n) is 12.0. The molecule has 1 aromatic rings. The second-order valence-corrected chi connectivity index (χ2v) is 6.63. The molecule has 2 unspecified atom stereocenters. The first-order valence-electron chi connectivity index (χ1n) is 7.33. The van der Waals surface area contributed by atoms with Crippen LogP contribution in [0.4, 0.5) is 0 Å². The molecule has 1 N–H and O–H groups in total. The second kappa shape index (κ2) is 5.38. The van der Waals surface area contributed by atoms with Crippen molar-refractivity contribution in [1.82, 2.24) is 10.2 Å². The maximum Gasteiger partial charge on any atom is 0.253 e. The summed E-state index contributed by atoms with van der Waals surface area (Å²) in [5.74, 6) is 0.0851. The summed E-state index contributed by atoms with van der Waals surface area (Å²) in [5.41, 5.74) is 1.73. The summed E-state index contributed by atoms with van der Waals surface area (Å²) in [6.07, 6.45) is 4.63. The van der Waals surface area contributed by atoms with Gasteiger partial charge in [0.2, 0.25) is 0 Å². The van der Waals surface area contributed by atoms with E-state index in [0.717, 1.165) is 18.4 Å². The number of hydrogen-bond donors (Lipinski definition) is 1. The van der Waals surface area contributed by atoms with Crippen LogP contribution in [0.5, 0.6) is 0 Å². The van der Waals surface area contributed by atoms with Crippen LogP contribution in [-0.4, -0.2) is 36.0 Å². The Morgan fingerprint density at radius 1 is 1.25 bits per heavy atom. The van der Waals surface area contributed by atoms with Crippen molar-refractivity contribution in [3.05, 3.63) is 34.3 Å². The average Bonchev–Trinajstić information content (AvgIpc) is 2.74. The number of carbonyl (C=O) groups excluding carboxylic acids is 1. The number of nitrogens with one attached hydrogen (secondary N) is 1. The van der Waals surface area contributed by atoms with Gasteiger partial charge in [0.1, 0.15) is 0 Å². The largest absolute Gasteiger partial charge is 0.339 e. The topological polar surface area (TPSA) is 32.3 Å². The molecule has 0 aromatic heterocycles. The van der Waals surface area contributed by atoms with Crippen LogP contribution in [-0.2, 0) is 0 Å². The standard InChI is InChI=1S/C16H21ClN2O/c1-10-5-11(7-12(17)6-10)16(20)19(2)15-8-13-3-4-14(9-15)18-13/h5-7,13-15,18H,3-4,8-9H2,1-2H3. The Morgan fingerprint density at radius 2 is 1.90 bits per heavy atom. The second-order valence-electron chi connectivity index (χ2n) is 6.20. The van der Waals surface area contributed by atoms with Gasteiger partial charge in [-0.2, -0.15) is 0 Å². The SMILES string of the molecule is Cc1cc(Cl)cc(C(=O)N(C)C2CC3CCC(C2)N3)c1. The lowest BCUT2D eigenvalue weighted by Gasteiger charge is -2.35. The highest BCUT2D eigenvalue weighted by Crippen LogP contribution is 2.30. The highest BCUT2D eigenvalue weighted by Gasteiger charge is 2.36. The van der Waals surface area contributed by atoms with Gasteiger partial charge in [0.15, 0.2) is 0 Å². The molecule has 108 valence electrons. The molecule has 0 radical (unpaired) electrons. The number of halogens is 1. The maximum absolute atomic E-state index is 12.6. The Bertz CT molecular complexity index is 499. The molecular weight excluding hydrogens is 272 g/mol. The summed E-state index contributed by atoms with van der Waals surface area (Å²) >= 11 is 6.06. The number of amides is 1. The van der Waals surface area contributed by atoms with Gasteiger partial charge >= 0.3 is 0 Å². The van der Waals surface area contributed by atoms with Crippen molar-refractivity contribution in [2.24, 2.45) is 0 Å². The van der Waals surface area contributed by atoms with Gasteiger partial charge in [-0.1, -0.05) is 11.6 Å². The molecule has 0 spiro atoms. The highest BCUT2D eigenvalue weighted by molar-refractivity contribution is 6.31. The van der Waals surface area contributed by atoms with Gasteiger partial charge < -0.3 is 10.2 Å². The first kappa shape index (κ1) is 13.9. The van der Waals surface area contributed by atoms with E-state index in [-0.39, 0.29) is 5.91 Å². The Morgan fingerprint density at radius 3 is 2.50 bits per heavy atom. The van der Waals surface area contributed by atoms with Crippen LogP contribution in [0.1, 0.15) is 41.6 Å². The summed E-state index contributed by atoms with van der Waals surface area (Å²) in [6.45, 7) is 1.97. The van der Waals surface area contributed by atoms with Gasteiger partial charge in [-0.15, -0.1) is 0 Å². The van der Waals surface area contributed by atoms with Crippen LogP contribution >= 0.6 is 11.6 Å². The van der Waals surface area contributed by atoms with Crippen LogP contribution < -0.4 is 5.32 Å². The zero-order valence-corrected chi connectivity index (χ0v) is 12.8. The Hall–Kier alpha value is -1.06. The quantitative estimate of drug-likeness (QED) is 0.909. The number of rotatable bonds is 2. The molecule has 2 aliphatic rings. The molecular formula is C16H21ClN2O. The van der Waals surface area contributed by atoms with Gasteiger partial charge in [0.05, 0.1) is 0 Å². The number of hydrogen-bond acceptors (Lipinski definition) is 2. The van der Waals surface area contributed by atoms with Crippen LogP contribution in [0, 0.1) is 6.92 Å². The summed E-state index contributed by atoms with van der Waals surface area (Å²) in [6, 6.07) is 7.10. The number of benzene rings is 1. The molecule has 1 aromatic carbocycles. The van der Waals surface area contributed by atoms with Crippen molar-refractivity contribution in [3.8, 4) is 0 Å². The van der Waals surface area contributed by atoms with E-state index >= 15 is 0 Å². The van der Waals surface area contributed by atoms with Crippen LogP contribution in [0.2, 0.25) is 5.02 Å². The number of piperidine rings is 1. The van der Waals surface area contributed by atoms with E-state index in [0.29, 0.717) is 28.7 Å². The Balaban J connectivity index is 1.76. The van der Waals surface area contributed by atoms with Crippen molar-refractivity contribution in [1.29, 1.82) is 0 Å². The number of fused-ring (bicyclic) bond motifs is 2. The van der Waals surface area contributed by atoms with Crippen molar-refractivity contribution in [3.63, 3.8) is 0 Å². The Kier molecular flexibility index (Phi) is 3.74. The van der Waals surface area contributed by atoms with Crippen LogP contribution in [0.3, 0.4) is 0 Å². The van der Waals surface area contributed by atoms with Crippen molar-refractivity contribution < 1.29 is 4.79 Å². The average molecular weight is 293 g/mol. The van der Waals surface area contributed by atoms with E-state index in [1.165, 1.54) is 12.8 Å². The molecule has 0 aliphatic carbocycles. The lowest BCUT2D eigenvalue weighted by atomic mass is 9.98. The summed E-state index contributed by atoms with van der Waals surface area (Å²) in [7, 11) is 1.92. The lowest BCUT2D eigenvalue weighted by Crippen LogP contribution is -2.48. The van der Waals surface area contributed by atoms with E-state index < -0.39 is 0 Å². The summed E-state index contributed by atoms with van der Waals surface area (Å²) in [4.78, 5) is 14.5. The predicted octanol–water partition coefficient (Wildman–Crippen LogP) is 3.00. The summed E-state index contributed by atoms with van der Waals surface area (Å²) in [5, 5.41) is 4.24. The minimum atomic E-state index is 0.0851. The van der Waals surface area contributed by atoms with E-state index in [2.05, 4.69) is 5.32 Å².